The molecule has 198 valence electrons. The number of aryl methyl sites for hydroxylation is 1. The Kier molecular flexibility index (Phi) is 8.52. The molecule has 0 unspecified atom stereocenters. The van der Waals surface area contributed by atoms with Crippen molar-refractivity contribution in [2.24, 2.45) is 11.8 Å². The molecular weight excluding hydrogens is 478 g/mol. The number of rotatable bonds is 10. The Bertz CT molecular complexity index is 1430. The first-order valence-corrected chi connectivity index (χ1v) is 13.0. The standard InChI is InChI=1S/C32H35NO5/c1-21(2)18-33(19-22(3)4)30(34)20-36-27-15-16-28-29(17-27)37-23(5)32(31(28)35)38-26-13-11-25(12-14-26)24-9-7-6-8-10-24/h6-17,21-22H,18-20H2,1-5H3. The van der Waals surface area contributed by atoms with E-state index >= 15 is 0 Å². The molecule has 1 heterocycles. The first-order valence-electron chi connectivity index (χ1n) is 13.0. The Balaban J connectivity index is 1.49. The second-order valence-corrected chi connectivity index (χ2v) is 10.3. The highest BCUT2D eigenvalue weighted by atomic mass is 16.5. The number of ether oxygens (including phenoxy) is 2. The molecule has 0 radical (unpaired) electrons. The number of fused-ring (bicyclic) bond motifs is 1. The van der Waals surface area contributed by atoms with Crippen LogP contribution in [0.25, 0.3) is 22.1 Å². The van der Waals surface area contributed by atoms with Crippen molar-refractivity contribution in [2.45, 2.75) is 34.6 Å². The lowest BCUT2D eigenvalue weighted by Crippen LogP contribution is -2.39. The van der Waals surface area contributed by atoms with Crippen LogP contribution < -0.4 is 14.9 Å². The maximum atomic E-state index is 13.2. The van der Waals surface area contributed by atoms with Crippen LogP contribution in [-0.4, -0.2) is 30.5 Å². The summed E-state index contributed by atoms with van der Waals surface area (Å²) in [7, 11) is 0. The molecule has 0 N–H and O–H groups in total. The molecule has 0 spiro atoms. The van der Waals surface area contributed by atoms with Crippen LogP contribution >= 0.6 is 0 Å². The van der Waals surface area contributed by atoms with Crippen molar-refractivity contribution >= 4 is 16.9 Å². The molecule has 0 bridgehead atoms. The first-order chi connectivity index (χ1) is 18.2. The minimum absolute atomic E-state index is 0.0628. The molecule has 0 aliphatic heterocycles. The zero-order valence-electron chi connectivity index (χ0n) is 22.7. The van der Waals surface area contributed by atoms with Crippen LogP contribution in [-0.2, 0) is 4.79 Å². The highest BCUT2D eigenvalue weighted by Gasteiger charge is 2.18. The fraction of sp³-hybridized carbons (Fsp3) is 0.312. The summed E-state index contributed by atoms with van der Waals surface area (Å²) in [5, 5.41) is 0.381. The first kappa shape index (κ1) is 27.0. The SMILES string of the molecule is Cc1oc2cc(OCC(=O)N(CC(C)C)CC(C)C)ccc2c(=O)c1Oc1ccc(-c2ccccc2)cc1. The van der Waals surface area contributed by atoms with Gasteiger partial charge in [0.05, 0.1) is 5.39 Å². The van der Waals surface area contributed by atoms with Gasteiger partial charge in [0.25, 0.3) is 5.91 Å². The van der Waals surface area contributed by atoms with Crippen LogP contribution in [0.15, 0.2) is 82.0 Å². The van der Waals surface area contributed by atoms with E-state index in [2.05, 4.69) is 27.7 Å². The summed E-state index contributed by atoms with van der Waals surface area (Å²) in [6, 6.07) is 22.6. The Morgan fingerprint density at radius 1 is 0.842 bits per heavy atom. The summed E-state index contributed by atoms with van der Waals surface area (Å²) in [6.07, 6.45) is 0. The topological polar surface area (TPSA) is 69.0 Å². The number of hydrogen-bond acceptors (Lipinski definition) is 5. The Morgan fingerprint density at radius 3 is 2.08 bits per heavy atom. The van der Waals surface area contributed by atoms with Gasteiger partial charge in [-0.05, 0) is 54.2 Å². The predicted molar refractivity (Wildman–Crippen MR) is 151 cm³/mol. The van der Waals surface area contributed by atoms with Crippen molar-refractivity contribution < 1.29 is 18.7 Å². The van der Waals surface area contributed by atoms with E-state index in [1.54, 1.807) is 25.1 Å². The third-order valence-electron chi connectivity index (χ3n) is 6.05. The summed E-state index contributed by atoms with van der Waals surface area (Å²) < 4.78 is 17.7. The summed E-state index contributed by atoms with van der Waals surface area (Å²) in [5.74, 6) is 2.20. The van der Waals surface area contributed by atoms with Crippen LogP contribution in [0.2, 0.25) is 0 Å². The molecule has 0 atom stereocenters. The van der Waals surface area contributed by atoms with E-state index < -0.39 is 0 Å². The van der Waals surface area contributed by atoms with Gasteiger partial charge in [-0.1, -0.05) is 70.2 Å². The van der Waals surface area contributed by atoms with Gasteiger partial charge in [0.1, 0.15) is 22.8 Å². The molecule has 38 heavy (non-hydrogen) atoms. The largest absolute Gasteiger partial charge is 0.484 e. The van der Waals surface area contributed by atoms with Gasteiger partial charge in [0.15, 0.2) is 6.61 Å². The van der Waals surface area contributed by atoms with Crippen LogP contribution in [0.4, 0.5) is 0 Å². The fourth-order valence-corrected chi connectivity index (χ4v) is 4.34. The van der Waals surface area contributed by atoms with Crippen LogP contribution in [0.1, 0.15) is 33.5 Å². The molecular formula is C32H35NO5. The maximum Gasteiger partial charge on any atom is 0.260 e. The van der Waals surface area contributed by atoms with Crippen LogP contribution in [0.3, 0.4) is 0 Å². The minimum atomic E-state index is -0.265. The highest BCUT2D eigenvalue weighted by Crippen LogP contribution is 2.29. The lowest BCUT2D eigenvalue weighted by molar-refractivity contribution is -0.134. The number of carbonyl (C=O) groups is 1. The summed E-state index contributed by atoms with van der Waals surface area (Å²) in [5.41, 5.74) is 2.28. The normalized spacial score (nSPS) is 11.2. The van der Waals surface area contributed by atoms with E-state index in [1.807, 2.05) is 59.5 Å². The number of benzene rings is 3. The molecule has 0 saturated heterocycles. The van der Waals surface area contributed by atoms with Gasteiger partial charge in [-0.2, -0.15) is 0 Å². The lowest BCUT2D eigenvalue weighted by atomic mass is 10.1. The van der Waals surface area contributed by atoms with E-state index in [4.69, 9.17) is 13.9 Å². The van der Waals surface area contributed by atoms with Crippen molar-refractivity contribution in [3.05, 3.63) is 88.8 Å². The monoisotopic (exact) mass is 513 g/mol. The molecule has 4 aromatic rings. The van der Waals surface area contributed by atoms with E-state index in [0.29, 0.717) is 53.2 Å². The van der Waals surface area contributed by atoms with E-state index in [0.717, 1.165) is 11.1 Å². The molecule has 0 aliphatic rings. The number of hydrogen-bond donors (Lipinski definition) is 0. The van der Waals surface area contributed by atoms with Gasteiger partial charge in [0.2, 0.25) is 11.2 Å². The highest BCUT2D eigenvalue weighted by molar-refractivity contribution is 5.80. The van der Waals surface area contributed by atoms with Gasteiger partial charge in [-0.3, -0.25) is 9.59 Å². The third kappa shape index (κ3) is 6.62. The second-order valence-electron chi connectivity index (χ2n) is 10.3. The summed E-state index contributed by atoms with van der Waals surface area (Å²) >= 11 is 0. The van der Waals surface area contributed by atoms with Gasteiger partial charge >= 0.3 is 0 Å². The molecule has 0 aliphatic carbocycles. The summed E-state index contributed by atoms with van der Waals surface area (Å²) in [4.78, 5) is 27.9. The van der Waals surface area contributed by atoms with Crippen molar-refractivity contribution in [3.8, 4) is 28.4 Å². The molecule has 6 nitrogen and oxygen atoms in total. The molecule has 4 rings (SSSR count). The molecule has 0 saturated carbocycles. The summed E-state index contributed by atoms with van der Waals surface area (Å²) in [6.45, 7) is 11.4. The average molecular weight is 514 g/mol. The Labute approximate surface area is 223 Å². The van der Waals surface area contributed by atoms with E-state index in [1.165, 1.54) is 0 Å². The van der Waals surface area contributed by atoms with E-state index in [9.17, 15) is 9.59 Å². The van der Waals surface area contributed by atoms with Crippen LogP contribution in [0, 0.1) is 18.8 Å². The molecule has 0 fully saturated rings. The zero-order chi connectivity index (χ0) is 27.2. The third-order valence-corrected chi connectivity index (χ3v) is 6.05. The van der Waals surface area contributed by atoms with Gasteiger partial charge in [-0.15, -0.1) is 0 Å². The van der Waals surface area contributed by atoms with Crippen molar-refractivity contribution in [3.63, 3.8) is 0 Å². The number of nitrogens with zero attached hydrogens (tertiary/aromatic N) is 1. The molecule has 6 heteroatoms. The average Bonchev–Trinajstić information content (AvgIpc) is 2.89. The number of amides is 1. The quantitative estimate of drug-likeness (QED) is 0.227. The van der Waals surface area contributed by atoms with Crippen molar-refractivity contribution in [1.82, 2.24) is 4.90 Å². The van der Waals surface area contributed by atoms with Crippen molar-refractivity contribution in [2.75, 3.05) is 19.7 Å². The second kappa shape index (κ2) is 12.0. The molecule has 3 aromatic carbocycles. The zero-order valence-corrected chi connectivity index (χ0v) is 22.7. The van der Waals surface area contributed by atoms with E-state index in [-0.39, 0.29) is 23.7 Å². The van der Waals surface area contributed by atoms with Crippen molar-refractivity contribution in [1.29, 1.82) is 0 Å². The molecule has 1 amide bonds. The Morgan fingerprint density at radius 2 is 1.45 bits per heavy atom. The molecule has 1 aromatic heterocycles. The Hall–Kier alpha value is -4.06. The minimum Gasteiger partial charge on any atom is -0.484 e. The predicted octanol–water partition coefficient (Wildman–Crippen LogP) is 7.08. The van der Waals surface area contributed by atoms with Gasteiger partial charge in [-0.25, -0.2) is 0 Å². The van der Waals surface area contributed by atoms with Gasteiger partial charge in [0, 0.05) is 19.2 Å². The van der Waals surface area contributed by atoms with Gasteiger partial charge < -0.3 is 18.8 Å². The maximum absolute atomic E-state index is 13.2. The van der Waals surface area contributed by atoms with Crippen LogP contribution in [0.5, 0.6) is 17.2 Å². The smallest absolute Gasteiger partial charge is 0.260 e. The number of carbonyl (C=O) groups excluding carboxylic acids is 1. The lowest BCUT2D eigenvalue weighted by Gasteiger charge is -2.26. The fourth-order valence-electron chi connectivity index (χ4n) is 4.34.